The summed E-state index contributed by atoms with van der Waals surface area (Å²) >= 11 is 0. The van der Waals surface area contributed by atoms with E-state index in [-0.39, 0.29) is 12.1 Å². The lowest BCUT2D eigenvalue weighted by Crippen LogP contribution is -2.41. The molecule has 30 heavy (non-hydrogen) atoms. The fourth-order valence-corrected chi connectivity index (χ4v) is 4.44. The summed E-state index contributed by atoms with van der Waals surface area (Å²) in [5.74, 6) is 0. The number of methoxy groups -OCH3 is 1. The highest BCUT2D eigenvalue weighted by atomic mass is 16.5. The quantitative estimate of drug-likeness (QED) is 0.807. The van der Waals surface area contributed by atoms with Crippen molar-refractivity contribution >= 4 is 11.7 Å². The first kappa shape index (κ1) is 20.9. The lowest BCUT2D eigenvalue weighted by molar-refractivity contribution is 0.105. The summed E-state index contributed by atoms with van der Waals surface area (Å²) in [6.45, 7) is 7.51. The van der Waals surface area contributed by atoms with Gasteiger partial charge in [0.2, 0.25) is 0 Å². The number of fused-ring (bicyclic) bond motifs is 1. The summed E-state index contributed by atoms with van der Waals surface area (Å²) in [4.78, 5) is 15.2. The van der Waals surface area contributed by atoms with Gasteiger partial charge in [-0.25, -0.2) is 4.79 Å². The van der Waals surface area contributed by atoms with E-state index in [1.54, 1.807) is 7.11 Å². The number of carbonyl (C=O) groups excluding carboxylic acids is 1. The molecule has 162 valence electrons. The molecule has 2 aliphatic heterocycles. The number of hydrogen-bond donors (Lipinski definition) is 1. The van der Waals surface area contributed by atoms with Gasteiger partial charge in [-0.3, -0.25) is 4.68 Å². The van der Waals surface area contributed by atoms with Crippen molar-refractivity contribution in [3.63, 3.8) is 0 Å². The number of aromatic nitrogens is 2. The third kappa shape index (κ3) is 4.23. The van der Waals surface area contributed by atoms with Gasteiger partial charge in [0.05, 0.1) is 38.1 Å². The zero-order chi connectivity index (χ0) is 21.1. The van der Waals surface area contributed by atoms with Gasteiger partial charge in [0, 0.05) is 37.0 Å². The van der Waals surface area contributed by atoms with Gasteiger partial charge in [-0.05, 0) is 56.4 Å². The Morgan fingerprint density at radius 1 is 1.30 bits per heavy atom. The number of carbonyl (C=O) groups is 1. The molecule has 0 aliphatic carbocycles. The SMILES string of the molecule is COCCn1nc(C2CCCCN2C(=O)Nc2ccc(C)c(C)c2)c2c1CCOC2. The van der Waals surface area contributed by atoms with Gasteiger partial charge in [-0.2, -0.15) is 5.10 Å². The molecule has 1 aromatic carbocycles. The number of urea groups is 1. The maximum Gasteiger partial charge on any atom is 0.322 e. The summed E-state index contributed by atoms with van der Waals surface area (Å²) in [6.07, 6.45) is 3.89. The van der Waals surface area contributed by atoms with Gasteiger partial charge in [-0.1, -0.05) is 6.07 Å². The van der Waals surface area contributed by atoms with Crippen molar-refractivity contribution in [2.75, 3.05) is 32.2 Å². The number of rotatable bonds is 5. The molecule has 0 bridgehead atoms. The third-order valence-corrected chi connectivity index (χ3v) is 6.27. The lowest BCUT2D eigenvalue weighted by atomic mass is 9.95. The van der Waals surface area contributed by atoms with Crippen molar-refractivity contribution in [2.45, 2.75) is 58.7 Å². The molecular weight excluding hydrogens is 380 g/mol. The van der Waals surface area contributed by atoms with Crippen LogP contribution in [-0.2, 0) is 29.0 Å². The van der Waals surface area contributed by atoms with E-state index in [4.69, 9.17) is 14.6 Å². The van der Waals surface area contributed by atoms with Crippen LogP contribution in [0.1, 0.15) is 53.4 Å². The zero-order valence-electron chi connectivity index (χ0n) is 18.2. The summed E-state index contributed by atoms with van der Waals surface area (Å²) in [7, 11) is 1.71. The van der Waals surface area contributed by atoms with Crippen LogP contribution in [0.4, 0.5) is 10.5 Å². The second kappa shape index (κ2) is 9.18. The summed E-state index contributed by atoms with van der Waals surface area (Å²) in [5, 5.41) is 8.06. The maximum atomic E-state index is 13.2. The normalized spacial score (nSPS) is 18.9. The number of nitrogens with one attached hydrogen (secondary N) is 1. The van der Waals surface area contributed by atoms with Crippen LogP contribution in [0, 0.1) is 13.8 Å². The predicted octanol–water partition coefficient (Wildman–Crippen LogP) is 3.98. The molecular formula is C23H32N4O3. The summed E-state index contributed by atoms with van der Waals surface area (Å²) < 4.78 is 13.1. The second-order valence-corrected chi connectivity index (χ2v) is 8.26. The predicted molar refractivity (Wildman–Crippen MR) is 116 cm³/mol. The smallest absolute Gasteiger partial charge is 0.322 e. The first-order valence-corrected chi connectivity index (χ1v) is 10.9. The van der Waals surface area contributed by atoms with Crippen molar-refractivity contribution in [2.24, 2.45) is 0 Å². The minimum Gasteiger partial charge on any atom is -0.383 e. The molecule has 1 N–H and O–H groups in total. The average molecular weight is 413 g/mol. The average Bonchev–Trinajstić information content (AvgIpc) is 3.13. The fourth-order valence-electron chi connectivity index (χ4n) is 4.44. The Balaban J connectivity index is 1.59. The van der Waals surface area contributed by atoms with E-state index in [9.17, 15) is 4.79 Å². The van der Waals surface area contributed by atoms with E-state index in [1.807, 2.05) is 23.1 Å². The Morgan fingerprint density at radius 3 is 2.97 bits per heavy atom. The Morgan fingerprint density at radius 2 is 2.17 bits per heavy atom. The molecule has 0 saturated carbocycles. The number of likely N-dealkylation sites (tertiary alicyclic amines) is 1. The number of anilines is 1. The van der Waals surface area contributed by atoms with Gasteiger partial charge in [0.25, 0.3) is 0 Å². The molecule has 7 nitrogen and oxygen atoms in total. The van der Waals surface area contributed by atoms with Gasteiger partial charge in [-0.15, -0.1) is 0 Å². The molecule has 3 heterocycles. The number of piperidine rings is 1. The van der Waals surface area contributed by atoms with Crippen molar-refractivity contribution < 1.29 is 14.3 Å². The van der Waals surface area contributed by atoms with Crippen molar-refractivity contribution in [3.05, 3.63) is 46.3 Å². The molecule has 0 spiro atoms. The van der Waals surface area contributed by atoms with Crippen LogP contribution in [-0.4, -0.2) is 47.6 Å². The topological polar surface area (TPSA) is 68.6 Å². The van der Waals surface area contributed by atoms with Crippen LogP contribution in [0.15, 0.2) is 18.2 Å². The number of benzene rings is 1. The molecule has 1 unspecified atom stereocenters. The molecule has 1 aromatic heterocycles. The van der Waals surface area contributed by atoms with E-state index in [0.717, 1.165) is 55.7 Å². The summed E-state index contributed by atoms with van der Waals surface area (Å²) in [6, 6.07) is 5.96. The Bertz CT molecular complexity index is 908. The van der Waals surface area contributed by atoms with Crippen molar-refractivity contribution in [1.82, 2.24) is 14.7 Å². The van der Waals surface area contributed by atoms with Crippen LogP contribution >= 0.6 is 0 Å². The molecule has 1 fully saturated rings. The Labute approximate surface area is 178 Å². The first-order chi connectivity index (χ1) is 14.6. The number of amides is 2. The number of ether oxygens (including phenoxy) is 2. The van der Waals surface area contributed by atoms with E-state index in [1.165, 1.54) is 16.8 Å². The van der Waals surface area contributed by atoms with E-state index in [2.05, 4.69) is 23.8 Å². The molecule has 1 atom stereocenters. The van der Waals surface area contributed by atoms with E-state index < -0.39 is 0 Å². The van der Waals surface area contributed by atoms with Crippen molar-refractivity contribution in [1.29, 1.82) is 0 Å². The lowest BCUT2D eigenvalue weighted by Gasteiger charge is -2.35. The minimum absolute atomic E-state index is 0.0236. The highest BCUT2D eigenvalue weighted by Gasteiger charge is 2.34. The molecule has 2 amide bonds. The molecule has 2 aliphatic rings. The van der Waals surface area contributed by atoms with Gasteiger partial charge in [0.15, 0.2) is 0 Å². The van der Waals surface area contributed by atoms with E-state index >= 15 is 0 Å². The molecule has 1 saturated heterocycles. The maximum absolute atomic E-state index is 13.2. The molecule has 0 radical (unpaired) electrons. The minimum atomic E-state index is -0.0557. The summed E-state index contributed by atoms with van der Waals surface area (Å²) in [5.41, 5.74) is 6.61. The van der Waals surface area contributed by atoms with Gasteiger partial charge >= 0.3 is 6.03 Å². The number of hydrogen-bond acceptors (Lipinski definition) is 4. The van der Waals surface area contributed by atoms with Crippen LogP contribution in [0.25, 0.3) is 0 Å². The highest BCUT2D eigenvalue weighted by molar-refractivity contribution is 5.89. The standard InChI is InChI=1S/C23H32N4O3/c1-16-7-8-18(14-17(16)2)24-23(28)26-10-5-4-6-21(26)22-19-15-30-12-9-20(19)27(25-22)11-13-29-3/h7-8,14,21H,4-6,9-13,15H2,1-3H3,(H,24,28). The fraction of sp³-hybridized carbons (Fsp3) is 0.565. The second-order valence-electron chi connectivity index (χ2n) is 8.26. The van der Waals surface area contributed by atoms with Crippen molar-refractivity contribution in [3.8, 4) is 0 Å². The van der Waals surface area contributed by atoms with Gasteiger partial charge < -0.3 is 19.7 Å². The highest BCUT2D eigenvalue weighted by Crippen LogP contribution is 2.35. The van der Waals surface area contributed by atoms with Crippen LogP contribution in [0.3, 0.4) is 0 Å². The largest absolute Gasteiger partial charge is 0.383 e. The van der Waals surface area contributed by atoms with E-state index in [0.29, 0.717) is 19.8 Å². The Kier molecular flexibility index (Phi) is 6.39. The monoisotopic (exact) mass is 412 g/mol. The Hall–Kier alpha value is -2.38. The molecule has 2 aromatic rings. The van der Waals surface area contributed by atoms with Crippen LogP contribution < -0.4 is 5.32 Å². The molecule has 4 rings (SSSR count). The van der Waals surface area contributed by atoms with Gasteiger partial charge in [0.1, 0.15) is 0 Å². The first-order valence-electron chi connectivity index (χ1n) is 10.9. The molecule has 7 heteroatoms. The van der Waals surface area contributed by atoms with Crippen LogP contribution in [0.5, 0.6) is 0 Å². The third-order valence-electron chi connectivity index (χ3n) is 6.27. The number of nitrogens with zero attached hydrogens (tertiary/aromatic N) is 3. The van der Waals surface area contributed by atoms with Crippen LogP contribution in [0.2, 0.25) is 0 Å². The zero-order valence-corrected chi connectivity index (χ0v) is 18.2. The number of aryl methyl sites for hydroxylation is 2.